The highest BCUT2D eigenvalue weighted by atomic mass is 32.1. The predicted octanol–water partition coefficient (Wildman–Crippen LogP) is 4.31. The standard InChI is InChI=1S/C20H20FN3OS/c1-2-5-17-23-19-18(15-6-3-4-7-16(15)26-19)20(25)24(17)22-12-13-8-10-14(21)11-9-13/h8-12H,2-7H2,1H3. The molecule has 0 amide bonds. The van der Waals surface area contributed by atoms with Gasteiger partial charge in [-0.15, -0.1) is 11.3 Å². The van der Waals surface area contributed by atoms with Crippen molar-refractivity contribution in [2.24, 2.45) is 5.10 Å². The second-order valence-corrected chi connectivity index (χ2v) is 7.67. The summed E-state index contributed by atoms with van der Waals surface area (Å²) >= 11 is 1.66. The molecule has 3 aromatic rings. The van der Waals surface area contributed by atoms with E-state index in [1.165, 1.54) is 33.7 Å². The molecule has 0 unspecified atom stereocenters. The second kappa shape index (κ2) is 7.11. The van der Waals surface area contributed by atoms with Crippen LogP contribution in [0.15, 0.2) is 34.2 Å². The summed E-state index contributed by atoms with van der Waals surface area (Å²) in [7, 11) is 0. The number of hydrogen-bond acceptors (Lipinski definition) is 4. The van der Waals surface area contributed by atoms with E-state index in [-0.39, 0.29) is 11.4 Å². The summed E-state index contributed by atoms with van der Waals surface area (Å²) in [5, 5.41) is 5.14. The number of aromatic nitrogens is 2. The molecule has 0 saturated heterocycles. The third-order valence-corrected chi connectivity index (χ3v) is 5.89. The third-order valence-electron chi connectivity index (χ3n) is 4.70. The number of halogens is 1. The lowest BCUT2D eigenvalue weighted by molar-refractivity contribution is 0.628. The predicted molar refractivity (Wildman–Crippen MR) is 104 cm³/mol. The fraction of sp³-hybridized carbons (Fsp3) is 0.350. The van der Waals surface area contributed by atoms with E-state index in [2.05, 4.69) is 12.0 Å². The average molecular weight is 369 g/mol. The zero-order valence-electron chi connectivity index (χ0n) is 14.7. The summed E-state index contributed by atoms with van der Waals surface area (Å²) in [5.41, 5.74) is 1.83. The molecule has 0 fully saturated rings. The Kier molecular flexibility index (Phi) is 4.68. The first kappa shape index (κ1) is 17.1. The zero-order chi connectivity index (χ0) is 18.1. The SMILES string of the molecule is CCCc1nc2sc3c(c2c(=O)n1N=Cc1ccc(F)cc1)CCCC3. The fourth-order valence-electron chi connectivity index (χ4n) is 3.42. The summed E-state index contributed by atoms with van der Waals surface area (Å²) in [4.78, 5) is 20.1. The van der Waals surface area contributed by atoms with Gasteiger partial charge in [-0.25, -0.2) is 9.37 Å². The third kappa shape index (κ3) is 3.09. The van der Waals surface area contributed by atoms with Gasteiger partial charge in [0.2, 0.25) is 0 Å². The summed E-state index contributed by atoms with van der Waals surface area (Å²) in [6.45, 7) is 2.06. The lowest BCUT2D eigenvalue weighted by atomic mass is 9.97. The van der Waals surface area contributed by atoms with E-state index in [1.54, 1.807) is 29.7 Å². The highest BCUT2D eigenvalue weighted by Gasteiger charge is 2.21. The van der Waals surface area contributed by atoms with Crippen molar-refractivity contribution in [2.45, 2.75) is 45.4 Å². The Bertz CT molecular complexity index is 1030. The Hall–Kier alpha value is -2.34. The molecule has 4 rings (SSSR count). The molecule has 134 valence electrons. The van der Waals surface area contributed by atoms with Crippen molar-refractivity contribution in [3.05, 3.63) is 62.3 Å². The molecule has 1 aromatic carbocycles. The van der Waals surface area contributed by atoms with Crippen LogP contribution in [-0.4, -0.2) is 15.9 Å². The van der Waals surface area contributed by atoms with E-state index >= 15 is 0 Å². The van der Waals surface area contributed by atoms with Gasteiger partial charge in [0.15, 0.2) is 0 Å². The Balaban J connectivity index is 1.86. The van der Waals surface area contributed by atoms with Crippen LogP contribution < -0.4 is 5.56 Å². The number of aryl methyl sites for hydroxylation is 3. The van der Waals surface area contributed by atoms with Crippen LogP contribution in [0.2, 0.25) is 0 Å². The Morgan fingerprint density at radius 1 is 1.27 bits per heavy atom. The summed E-state index contributed by atoms with van der Waals surface area (Å²) < 4.78 is 14.5. The Morgan fingerprint density at radius 3 is 2.81 bits per heavy atom. The van der Waals surface area contributed by atoms with E-state index in [0.29, 0.717) is 12.2 Å². The van der Waals surface area contributed by atoms with Gasteiger partial charge in [-0.3, -0.25) is 4.79 Å². The van der Waals surface area contributed by atoms with Gasteiger partial charge in [0.05, 0.1) is 11.6 Å². The number of rotatable bonds is 4. The molecule has 1 aliphatic rings. The van der Waals surface area contributed by atoms with Crippen LogP contribution in [0.1, 0.15) is 48.0 Å². The van der Waals surface area contributed by atoms with Gasteiger partial charge in [-0.1, -0.05) is 19.1 Å². The lowest BCUT2D eigenvalue weighted by Crippen LogP contribution is -2.22. The highest BCUT2D eigenvalue weighted by Crippen LogP contribution is 2.33. The quantitative estimate of drug-likeness (QED) is 0.643. The minimum atomic E-state index is -0.293. The molecular weight excluding hydrogens is 349 g/mol. The molecular formula is C20H20FN3OS. The number of hydrogen-bond donors (Lipinski definition) is 0. The first-order valence-electron chi connectivity index (χ1n) is 9.03. The maximum absolute atomic E-state index is 13.2. The zero-order valence-corrected chi connectivity index (χ0v) is 15.5. The molecule has 4 nitrogen and oxygen atoms in total. The smallest absolute Gasteiger partial charge is 0.267 e. The van der Waals surface area contributed by atoms with Crippen molar-refractivity contribution >= 4 is 27.8 Å². The van der Waals surface area contributed by atoms with E-state index in [1.807, 2.05) is 0 Å². The molecule has 0 aliphatic heterocycles. The minimum absolute atomic E-state index is 0.0868. The molecule has 1 aliphatic carbocycles. The molecule has 2 heterocycles. The Morgan fingerprint density at radius 2 is 2.04 bits per heavy atom. The van der Waals surface area contributed by atoms with Crippen LogP contribution in [0, 0.1) is 5.82 Å². The van der Waals surface area contributed by atoms with E-state index < -0.39 is 0 Å². The van der Waals surface area contributed by atoms with Crippen molar-refractivity contribution in [2.75, 3.05) is 0 Å². The van der Waals surface area contributed by atoms with Crippen LogP contribution in [-0.2, 0) is 19.3 Å². The van der Waals surface area contributed by atoms with Gasteiger partial charge >= 0.3 is 0 Å². The largest absolute Gasteiger partial charge is 0.283 e. The normalized spacial score (nSPS) is 14.2. The highest BCUT2D eigenvalue weighted by molar-refractivity contribution is 7.18. The second-order valence-electron chi connectivity index (χ2n) is 6.58. The van der Waals surface area contributed by atoms with Crippen LogP contribution in [0.3, 0.4) is 0 Å². The number of fused-ring (bicyclic) bond motifs is 3. The van der Waals surface area contributed by atoms with Crippen molar-refractivity contribution in [1.29, 1.82) is 0 Å². The monoisotopic (exact) mass is 369 g/mol. The van der Waals surface area contributed by atoms with Gasteiger partial charge in [0, 0.05) is 11.3 Å². The van der Waals surface area contributed by atoms with Gasteiger partial charge in [-0.2, -0.15) is 9.78 Å². The fourth-order valence-corrected chi connectivity index (χ4v) is 4.69. The van der Waals surface area contributed by atoms with Crippen molar-refractivity contribution in [1.82, 2.24) is 9.66 Å². The number of benzene rings is 1. The molecule has 0 bridgehead atoms. The van der Waals surface area contributed by atoms with Crippen LogP contribution in [0.4, 0.5) is 4.39 Å². The molecule has 26 heavy (non-hydrogen) atoms. The van der Waals surface area contributed by atoms with Crippen LogP contribution >= 0.6 is 11.3 Å². The van der Waals surface area contributed by atoms with E-state index in [0.717, 1.165) is 41.5 Å². The van der Waals surface area contributed by atoms with Gasteiger partial charge in [-0.05, 0) is 55.4 Å². The van der Waals surface area contributed by atoms with Crippen LogP contribution in [0.25, 0.3) is 10.2 Å². The van der Waals surface area contributed by atoms with Crippen molar-refractivity contribution in [3.8, 4) is 0 Å². The number of thiophene rings is 1. The molecule has 0 radical (unpaired) electrons. The maximum atomic E-state index is 13.2. The molecule has 0 saturated carbocycles. The summed E-state index contributed by atoms with van der Waals surface area (Å²) in [5.74, 6) is 0.390. The summed E-state index contributed by atoms with van der Waals surface area (Å²) in [6.07, 6.45) is 7.45. The molecule has 0 spiro atoms. The van der Waals surface area contributed by atoms with Gasteiger partial charge in [0.1, 0.15) is 16.5 Å². The van der Waals surface area contributed by atoms with E-state index in [4.69, 9.17) is 4.98 Å². The van der Waals surface area contributed by atoms with Gasteiger partial charge < -0.3 is 0 Å². The van der Waals surface area contributed by atoms with E-state index in [9.17, 15) is 9.18 Å². The maximum Gasteiger partial charge on any atom is 0.283 e. The van der Waals surface area contributed by atoms with Crippen molar-refractivity contribution in [3.63, 3.8) is 0 Å². The van der Waals surface area contributed by atoms with Crippen molar-refractivity contribution < 1.29 is 4.39 Å². The lowest BCUT2D eigenvalue weighted by Gasteiger charge is -2.10. The Labute approximate surface area is 155 Å². The topological polar surface area (TPSA) is 47.2 Å². The molecule has 6 heteroatoms. The average Bonchev–Trinajstić information content (AvgIpc) is 3.01. The van der Waals surface area contributed by atoms with Gasteiger partial charge in [0.25, 0.3) is 5.56 Å². The molecule has 0 N–H and O–H groups in total. The molecule has 0 atom stereocenters. The molecule has 2 aromatic heterocycles. The summed E-state index contributed by atoms with van der Waals surface area (Å²) in [6, 6.07) is 6.05. The first-order chi connectivity index (χ1) is 12.7. The number of nitrogens with zero attached hydrogens (tertiary/aromatic N) is 3. The van der Waals surface area contributed by atoms with Crippen LogP contribution in [0.5, 0.6) is 0 Å². The minimum Gasteiger partial charge on any atom is -0.267 e. The first-order valence-corrected chi connectivity index (χ1v) is 9.85.